The molecule has 0 aliphatic carbocycles. The van der Waals surface area contributed by atoms with Crippen molar-refractivity contribution in [2.45, 2.75) is 37.7 Å². The Balaban J connectivity index is 3.41. The number of nitrogens with one attached hydrogen (secondary N) is 1. The Morgan fingerprint density at radius 3 is 2.17 bits per heavy atom. The average Bonchev–Trinajstić information content (AvgIpc) is 2.28. The van der Waals surface area contributed by atoms with E-state index in [9.17, 15) is 13.5 Å². The fraction of sp³-hybridized carbons (Fsp3) is 0.538. The summed E-state index contributed by atoms with van der Waals surface area (Å²) < 4.78 is 26.3. The Kier molecular flexibility index (Phi) is 4.90. The van der Waals surface area contributed by atoms with Crippen LogP contribution in [0.25, 0.3) is 0 Å². The minimum absolute atomic E-state index is 0.151. The maximum absolute atomic E-state index is 12.0. The zero-order valence-corrected chi connectivity index (χ0v) is 12.0. The fourth-order valence-corrected chi connectivity index (χ4v) is 3.28. The van der Waals surface area contributed by atoms with Crippen molar-refractivity contribution >= 4 is 10.0 Å². The van der Waals surface area contributed by atoms with Gasteiger partial charge in [0.2, 0.25) is 10.0 Å². The van der Waals surface area contributed by atoms with Crippen LogP contribution < -0.4 is 4.72 Å². The molecule has 1 aromatic rings. The SMILES string of the molecule is CNS(=O)(=O)c1ccccc1C(C(C)C)C(C)O. The highest BCUT2D eigenvalue weighted by Gasteiger charge is 2.27. The highest BCUT2D eigenvalue weighted by Crippen LogP contribution is 2.32. The van der Waals surface area contributed by atoms with Crippen molar-refractivity contribution in [3.8, 4) is 0 Å². The molecule has 1 rings (SSSR count). The maximum atomic E-state index is 12.0. The van der Waals surface area contributed by atoms with E-state index in [0.717, 1.165) is 0 Å². The van der Waals surface area contributed by atoms with Gasteiger partial charge in [0.25, 0.3) is 0 Å². The minimum Gasteiger partial charge on any atom is -0.393 e. The van der Waals surface area contributed by atoms with E-state index in [1.807, 2.05) is 13.8 Å². The minimum atomic E-state index is -3.50. The van der Waals surface area contributed by atoms with Crippen LogP contribution in [0.5, 0.6) is 0 Å². The summed E-state index contributed by atoms with van der Waals surface area (Å²) in [5.41, 5.74) is 0.664. The van der Waals surface area contributed by atoms with Gasteiger partial charge in [0.15, 0.2) is 0 Å². The molecule has 1 aromatic carbocycles. The van der Waals surface area contributed by atoms with Crippen LogP contribution in [-0.2, 0) is 10.0 Å². The van der Waals surface area contributed by atoms with Gasteiger partial charge < -0.3 is 5.11 Å². The van der Waals surface area contributed by atoms with Crippen LogP contribution in [0.2, 0.25) is 0 Å². The second-order valence-electron chi connectivity index (χ2n) is 4.76. The third-order valence-electron chi connectivity index (χ3n) is 3.07. The molecule has 0 amide bonds. The average molecular weight is 271 g/mol. The second kappa shape index (κ2) is 5.82. The summed E-state index contributed by atoms with van der Waals surface area (Å²) in [6.07, 6.45) is -0.599. The van der Waals surface area contributed by atoms with Gasteiger partial charge in [0.1, 0.15) is 0 Å². The third kappa shape index (κ3) is 3.10. The van der Waals surface area contributed by atoms with E-state index in [1.54, 1.807) is 31.2 Å². The van der Waals surface area contributed by atoms with Crippen LogP contribution in [0, 0.1) is 5.92 Å². The van der Waals surface area contributed by atoms with E-state index in [4.69, 9.17) is 0 Å². The summed E-state index contributed by atoms with van der Waals surface area (Å²) >= 11 is 0. The number of rotatable bonds is 5. The topological polar surface area (TPSA) is 66.4 Å². The molecule has 0 saturated carbocycles. The number of hydrogen-bond donors (Lipinski definition) is 2. The Labute approximate surface area is 109 Å². The number of benzene rings is 1. The molecule has 0 fully saturated rings. The van der Waals surface area contributed by atoms with Gasteiger partial charge in [-0.15, -0.1) is 0 Å². The Morgan fingerprint density at radius 1 is 1.17 bits per heavy atom. The van der Waals surface area contributed by atoms with Gasteiger partial charge in [0.05, 0.1) is 11.0 Å². The molecule has 2 atom stereocenters. The van der Waals surface area contributed by atoms with Crippen molar-refractivity contribution in [2.24, 2.45) is 5.92 Å². The van der Waals surface area contributed by atoms with E-state index in [1.165, 1.54) is 7.05 Å². The molecule has 5 heteroatoms. The predicted octanol–water partition coefficient (Wildman–Crippen LogP) is 1.72. The van der Waals surface area contributed by atoms with Crippen molar-refractivity contribution in [3.05, 3.63) is 29.8 Å². The number of aliphatic hydroxyl groups is 1. The lowest BCUT2D eigenvalue weighted by Gasteiger charge is -2.26. The van der Waals surface area contributed by atoms with Gasteiger partial charge in [-0.2, -0.15) is 0 Å². The van der Waals surface area contributed by atoms with Crippen molar-refractivity contribution in [1.82, 2.24) is 4.72 Å². The molecule has 0 heterocycles. The molecule has 2 unspecified atom stereocenters. The van der Waals surface area contributed by atoms with Gasteiger partial charge in [-0.3, -0.25) is 0 Å². The molecule has 0 aliphatic heterocycles. The van der Waals surface area contributed by atoms with Crippen molar-refractivity contribution in [2.75, 3.05) is 7.05 Å². The van der Waals surface area contributed by atoms with E-state index in [0.29, 0.717) is 5.56 Å². The van der Waals surface area contributed by atoms with Gasteiger partial charge in [0, 0.05) is 5.92 Å². The lowest BCUT2D eigenvalue weighted by molar-refractivity contribution is 0.139. The maximum Gasteiger partial charge on any atom is 0.240 e. The summed E-state index contributed by atoms with van der Waals surface area (Å²) in [6.45, 7) is 5.63. The van der Waals surface area contributed by atoms with E-state index >= 15 is 0 Å². The van der Waals surface area contributed by atoms with Crippen LogP contribution in [0.4, 0.5) is 0 Å². The molecule has 102 valence electrons. The van der Waals surface area contributed by atoms with Crippen molar-refractivity contribution in [1.29, 1.82) is 0 Å². The molecule has 0 spiro atoms. The first-order valence-corrected chi connectivity index (χ1v) is 7.50. The Bertz CT molecular complexity index is 487. The van der Waals surface area contributed by atoms with Gasteiger partial charge in [-0.25, -0.2) is 13.1 Å². The third-order valence-corrected chi connectivity index (χ3v) is 4.56. The number of sulfonamides is 1. The van der Waals surface area contributed by atoms with Crippen LogP contribution in [0.3, 0.4) is 0 Å². The van der Waals surface area contributed by atoms with Gasteiger partial charge in [-0.1, -0.05) is 32.0 Å². The summed E-state index contributed by atoms with van der Waals surface area (Å²) in [6, 6.07) is 6.81. The first-order chi connectivity index (χ1) is 8.31. The summed E-state index contributed by atoms with van der Waals surface area (Å²) in [5.74, 6) is -0.0532. The highest BCUT2D eigenvalue weighted by atomic mass is 32.2. The molecule has 0 saturated heterocycles. The normalized spacial score (nSPS) is 15.7. The molecule has 2 N–H and O–H groups in total. The van der Waals surface area contributed by atoms with Crippen molar-refractivity contribution in [3.63, 3.8) is 0 Å². The highest BCUT2D eigenvalue weighted by molar-refractivity contribution is 7.89. The zero-order chi connectivity index (χ0) is 13.9. The monoisotopic (exact) mass is 271 g/mol. The summed E-state index contributed by atoms with van der Waals surface area (Å²) in [4.78, 5) is 0.243. The number of aliphatic hydroxyl groups excluding tert-OH is 1. The van der Waals surface area contributed by atoms with E-state index < -0.39 is 16.1 Å². The second-order valence-corrected chi connectivity index (χ2v) is 6.61. The number of hydrogen-bond acceptors (Lipinski definition) is 3. The molecule has 4 nitrogen and oxygen atoms in total. The van der Waals surface area contributed by atoms with Gasteiger partial charge >= 0.3 is 0 Å². The molecule has 0 bridgehead atoms. The lowest BCUT2D eigenvalue weighted by Crippen LogP contribution is -2.26. The Morgan fingerprint density at radius 2 is 1.72 bits per heavy atom. The molecule has 0 aromatic heterocycles. The van der Waals surface area contributed by atoms with Crippen LogP contribution >= 0.6 is 0 Å². The van der Waals surface area contributed by atoms with Crippen LogP contribution in [-0.4, -0.2) is 26.7 Å². The first-order valence-electron chi connectivity index (χ1n) is 6.01. The van der Waals surface area contributed by atoms with Crippen molar-refractivity contribution < 1.29 is 13.5 Å². The Hall–Kier alpha value is -0.910. The van der Waals surface area contributed by atoms with E-state index in [-0.39, 0.29) is 16.7 Å². The van der Waals surface area contributed by atoms with E-state index in [2.05, 4.69) is 4.72 Å². The van der Waals surface area contributed by atoms with Crippen LogP contribution in [0.15, 0.2) is 29.2 Å². The largest absolute Gasteiger partial charge is 0.393 e. The summed E-state index contributed by atoms with van der Waals surface area (Å²) in [7, 11) is -2.11. The molecule has 0 radical (unpaired) electrons. The zero-order valence-electron chi connectivity index (χ0n) is 11.2. The summed E-state index contributed by atoms with van der Waals surface area (Å²) in [5, 5.41) is 9.88. The van der Waals surface area contributed by atoms with Crippen LogP contribution in [0.1, 0.15) is 32.3 Å². The quantitative estimate of drug-likeness (QED) is 0.857. The standard InChI is InChI=1S/C13H21NO3S/c1-9(2)13(10(3)15)11-7-5-6-8-12(11)18(16,17)14-4/h5-10,13-15H,1-4H3. The lowest BCUT2D eigenvalue weighted by atomic mass is 9.84. The smallest absolute Gasteiger partial charge is 0.240 e. The molecular weight excluding hydrogens is 250 g/mol. The molecule has 18 heavy (non-hydrogen) atoms. The molecular formula is C13H21NO3S. The predicted molar refractivity (Wildman–Crippen MR) is 71.9 cm³/mol. The molecule has 0 aliphatic rings. The first kappa shape index (κ1) is 15.1. The van der Waals surface area contributed by atoms with Gasteiger partial charge in [-0.05, 0) is 31.5 Å². The fourth-order valence-electron chi connectivity index (χ4n) is 2.29.